The van der Waals surface area contributed by atoms with E-state index in [4.69, 9.17) is 9.97 Å². The van der Waals surface area contributed by atoms with Gasteiger partial charge in [-0.25, -0.2) is 0 Å². The van der Waals surface area contributed by atoms with Crippen LogP contribution in [-0.4, -0.2) is 19.9 Å². The average molecular weight is 547 g/mol. The normalized spacial score (nSPS) is 11.1. The largest absolute Gasteiger partial charge is 0.258 e. The molecule has 0 amide bonds. The van der Waals surface area contributed by atoms with E-state index in [-0.39, 0.29) is 0 Å². The third-order valence-electron chi connectivity index (χ3n) is 7.51. The molecule has 0 saturated carbocycles. The Kier molecular flexibility index (Phi) is 7.22. The van der Waals surface area contributed by atoms with Gasteiger partial charge in [-0.1, -0.05) is 60.7 Å². The van der Waals surface area contributed by atoms with Crippen LogP contribution in [0.4, 0.5) is 0 Å². The zero-order chi connectivity index (χ0) is 29.4. The van der Waals surface area contributed by atoms with Gasteiger partial charge in [-0.05, 0) is 111 Å². The Labute approximate surface area is 248 Å². The zero-order valence-electron chi connectivity index (χ0n) is 25.0. The summed E-state index contributed by atoms with van der Waals surface area (Å²) in [6.45, 7) is 12.3. The Hall–Kier alpha value is -4.96. The van der Waals surface area contributed by atoms with Gasteiger partial charge in [0, 0.05) is 45.3 Å². The van der Waals surface area contributed by atoms with Crippen LogP contribution in [0.2, 0.25) is 0 Å². The van der Waals surface area contributed by atoms with E-state index in [1.807, 2.05) is 41.5 Å². The third-order valence-corrected chi connectivity index (χ3v) is 7.51. The number of aryl methyl sites for hydroxylation is 6. The van der Waals surface area contributed by atoms with Crippen molar-refractivity contribution in [3.8, 4) is 55.9 Å². The van der Waals surface area contributed by atoms with Crippen molar-refractivity contribution < 1.29 is 0 Å². The molecule has 0 N–H and O–H groups in total. The molecule has 2 aromatic carbocycles. The summed E-state index contributed by atoms with van der Waals surface area (Å²) >= 11 is 0. The Morgan fingerprint density at radius 3 is 1.00 bits per heavy atom. The lowest BCUT2D eigenvalue weighted by Gasteiger charge is -2.18. The maximum Gasteiger partial charge on any atom is 0.0974 e. The van der Waals surface area contributed by atoms with Crippen molar-refractivity contribution in [3.63, 3.8) is 0 Å². The van der Waals surface area contributed by atoms with Crippen molar-refractivity contribution in [3.05, 3.63) is 131 Å². The quantitative estimate of drug-likeness (QED) is 0.216. The van der Waals surface area contributed by atoms with Gasteiger partial charge in [0.15, 0.2) is 0 Å². The SMILES string of the molecule is Cc1cc(-c2ccccc2-c2ccc(C)nc2-c2nc(C)ccc2-c2ccccc2-c2cc(C)nc(C)c2)cc(C)n1. The molecule has 206 valence electrons. The highest BCUT2D eigenvalue weighted by atomic mass is 14.8. The monoisotopic (exact) mass is 546 g/mol. The van der Waals surface area contributed by atoms with Gasteiger partial charge in [0.2, 0.25) is 0 Å². The molecular weight excluding hydrogens is 512 g/mol. The molecule has 0 aliphatic heterocycles. The molecule has 0 fully saturated rings. The highest BCUT2D eigenvalue weighted by molar-refractivity contribution is 5.95. The minimum Gasteiger partial charge on any atom is -0.258 e. The molecule has 0 radical (unpaired) electrons. The molecule has 0 spiro atoms. The van der Waals surface area contributed by atoms with Crippen LogP contribution >= 0.6 is 0 Å². The fourth-order valence-electron chi connectivity index (χ4n) is 5.83. The van der Waals surface area contributed by atoms with Gasteiger partial charge in [-0.15, -0.1) is 0 Å². The first-order valence-electron chi connectivity index (χ1n) is 14.3. The summed E-state index contributed by atoms with van der Waals surface area (Å²) in [7, 11) is 0. The molecule has 6 aromatic rings. The summed E-state index contributed by atoms with van der Waals surface area (Å²) in [5.74, 6) is 0. The fourth-order valence-corrected chi connectivity index (χ4v) is 5.83. The minimum absolute atomic E-state index is 0.876. The topological polar surface area (TPSA) is 51.6 Å². The molecule has 4 heteroatoms. The van der Waals surface area contributed by atoms with E-state index in [1.165, 1.54) is 0 Å². The third kappa shape index (κ3) is 5.36. The van der Waals surface area contributed by atoms with Crippen LogP contribution in [0.1, 0.15) is 34.2 Å². The summed E-state index contributed by atoms with van der Waals surface area (Å²) in [6, 6.07) is 34.3. The van der Waals surface area contributed by atoms with Crippen molar-refractivity contribution in [1.82, 2.24) is 19.9 Å². The van der Waals surface area contributed by atoms with Crippen LogP contribution in [0.15, 0.2) is 97.1 Å². The van der Waals surface area contributed by atoms with Crippen molar-refractivity contribution in [1.29, 1.82) is 0 Å². The zero-order valence-corrected chi connectivity index (χ0v) is 25.0. The second kappa shape index (κ2) is 11.1. The summed E-state index contributed by atoms with van der Waals surface area (Å²) in [5.41, 5.74) is 16.6. The van der Waals surface area contributed by atoms with E-state index in [1.54, 1.807) is 0 Å². The van der Waals surface area contributed by atoms with Crippen LogP contribution < -0.4 is 0 Å². The molecule has 0 unspecified atom stereocenters. The van der Waals surface area contributed by atoms with Crippen molar-refractivity contribution in [2.24, 2.45) is 0 Å². The van der Waals surface area contributed by atoms with E-state index in [0.717, 1.165) is 90.1 Å². The smallest absolute Gasteiger partial charge is 0.0974 e. The standard InChI is InChI=1S/C38H34N4/c1-23-15-17-35(33-13-9-7-11-31(33)29-19-25(3)39-26(4)20-29)37(41-23)38-36(18-16-24(2)42-38)34-14-10-8-12-32(34)30-21-27(5)40-28(6)22-30/h7-22H,1-6H3. The van der Waals surface area contributed by atoms with Gasteiger partial charge in [0.1, 0.15) is 0 Å². The van der Waals surface area contributed by atoms with E-state index in [0.29, 0.717) is 0 Å². The second-order valence-corrected chi connectivity index (χ2v) is 11.1. The predicted molar refractivity (Wildman–Crippen MR) is 173 cm³/mol. The van der Waals surface area contributed by atoms with E-state index in [9.17, 15) is 0 Å². The van der Waals surface area contributed by atoms with Crippen LogP contribution in [-0.2, 0) is 0 Å². The molecular formula is C38H34N4. The van der Waals surface area contributed by atoms with Crippen LogP contribution in [0, 0.1) is 41.5 Å². The molecule has 0 aliphatic carbocycles. The summed E-state index contributed by atoms with van der Waals surface area (Å²) in [6.07, 6.45) is 0. The first-order chi connectivity index (χ1) is 20.3. The van der Waals surface area contributed by atoms with Crippen LogP contribution in [0.25, 0.3) is 55.9 Å². The molecule has 0 saturated heterocycles. The van der Waals surface area contributed by atoms with Crippen molar-refractivity contribution in [2.75, 3.05) is 0 Å². The molecule has 0 bridgehead atoms. The molecule has 42 heavy (non-hydrogen) atoms. The summed E-state index contributed by atoms with van der Waals surface area (Å²) in [4.78, 5) is 19.5. The highest BCUT2D eigenvalue weighted by Crippen LogP contribution is 2.42. The maximum absolute atomic E-state index is 5.16. The van der Waals surface area contributed by atoms with Gasteiger partial charge in [-0.3, -0.25) is 19.9 Å². The minimum atomic E-state index is 0.876. The molecule has 6 rings (SSSR count). The number of hydrogen-bond acceptors (Lipinski definition) is 4. The van der Waals surface area contributed by atoms with Gasteiger partial charge in [0.25, 0.3) is 0 Å². The Balaban J connectivity index is 1.61. The maximum atomic E-state index is 5.16. The number of aromatic nitrogens is 4. The van der Waals surface area contributed by atoms with Crippen molar-refractivity contribution in [2.45, 2.75) is 41.5 Å². The lowest BCUT2D eigenvalue weighted by molar-refractivity contribution is 1.12. The Bertz CT molecular complexity index is 1770. The summed E-state index contributed by atoms with van der Waals surface area (Å²) in [5, 5.41) is 0. The lowest BCUT2D eigenvalue weighted by Crippen LogP contribution is -2.00. The van der Waals surface area contributed by atoms with Crippen LogP contribution in [0.5, 0.6) is 0 Å². The molecule has 0 aliphatic rings. The van der Waals surface area contributed by atoms with Gasteiger partial charge >= 0.3 is 0 Å². The van der Waals surface area contributed by atoms with Crippen molar-refractivity contribution >= 4 is 0 Å². The number of rotatable bonds is 5. The summed E-state index contributed by atoms with van der Waals surface area (Å²) < 4.78 is 0. The molecule has 0 atom stereocenters. The second-order valence-electron chi connectivity index (χ2n) is 11.1. The lowest BCUT2D eigenvalue weighted by atomic mass is 9.89. The average Bonchev–Trinajstić information content (AvgIpc) is 2.96. The fraction of sp³-hybridized carbons (Fsp3) is 0.158. The van der Waals surface area contributed by atoms with E-state index >= 15 is 0 Å². The Morgan fingerprint density at radius 1 is 0.310 bits per heavy atom. The highest BCUT2D eigenvalue weighted by Gasteiger charge is 2.20. The number of hydrogen-bond donors (Lipinski definition) is 0. The molecule has 4 aromatic heterocycles. The first-order valence-corrected chi connectivity index (χ1v) is 14.3. The number of benzene rings is 2. The predicted octanol–water partition coefficient (Wildman–Crippen LogP) is 9.45. The molecule has 4 heterocycles. The van der Waals surface area contributed by atoms with Gasteiger partial charge in [0.05, 0.1) is 11.4 Å². The molecule has 4 nitrogen and oxygen atoms in total. The van der Waals surface area contributed by atoms with E-state index < -0.39 is 0 Å². The number of pyridine rings is 4. The van der Waals surface area contributed by atoms with Gasteiger partial charge < -0.3 is 0 Å². The van der Waals surface area contributed by atoms with Crippen LogP contribution in [0.3, 0.4) is 0 Å². The van der Waals surface area contributed by atoms with E-state index in [2.05, 4.69) is 107 Å². The van der Waals surface area contributed by atoms with Gasteiger partial charge in [-0.2, -0.15) is 0 Å². The first kappa shape index (κ1) is 27.2. The Morgan fingerprint density at radius 2 is 0.643 bits per heavy atom. The number of nitrogens with zero attached hydrogens (tertiary/aromatic N) is 4.